The molecular weight excluding hydrogens is 338 g/mol. The molecule has 1 heterocycles. The van der Waals surface area contributed by atoms with Crippen molar-refractivity contribution in [3.05, 3.63) is 34.4 Å². The molecule has 0 saturated carbocycles. The summed E-state index contributed by atoms with van der Waals surface area (Å²) in [5.41, 5.74) is -0.996. The number of alkyl halides is 3. The number of halogens is 7. The molecule has 21 heavy (non-hydrogen) atoms. The fraction of sp³-hybridized carbons (Fsp3) is 0.500. The normalized spacial score (nSPS) is 18.2. The van der Waals surface area contributed by atoms with Crippen LogP contribution in [-0.2, 0) is 0 Å². The molecule has 2 rings (SSSR count). The van der Waals surface area contributed by atoms with Crippen LogP contribution in [0.3, 0.4) is 0 Å². The summed E-state index contributed by atoms with van der Waals surface area (Å²) in [4.78, 5) is 1.02. The van der Waals surface area contributed by atoms with Crippen LogP contribution in [0.2, 0.25) is 5.02 Å². The van der Waals surface area contributed by atoms with Gasteiger partial charge in [0, 0.05) is 36.8 Å². The first-order valence-corrected chi connectivity index (χ1v) is 6.34. The van der Waals surface area contributed by atoms with E-state index in [0.717, 1.165) is 4.90 Å². The smallest absolute Gasteiger partial charge is 0.314 e. The highest BCUT2D eigenvalue weighted by Gasteiger charge is 2.47. The molecule has 1 aromatic carbocycles. The minimum Gasteiger partial charge on any atom is -0.314 e. The van der Waals surface area contributed by atoms with Crippen LogP contribution in [0.5, 0.6) is 0 Å². The summed E-state index contributed by atoms with van der Waals surface area (Å²) in [5, 5.41) is 2.62. The van der Waals surface area contributed by atoms with Gasteiger partial charge in [0.05, 0.1) is 0 Å². The van der Waals surface area contributed by atoms with Crippen LogP contribution < -0.4 is 5.32 Å². The second-order valence-corrected chi connectivity index (χ2v) is 4.95. The minimum atomic E-state index is -4.77. The van der Waals surface area contributed by atoms with Crippen molar-refractivity contribution in [2.75, 3.05) is 26.2 Å². The van der Waals surface area contributed by atoms with Crippen molar-refractivity contribution in [2.45, 2.75) is 12.2 Å². The lowest BCUT2D eigenvalue weighted by atomic mass is 10.0. The Morgan fingerprint density at radius 1 is 1.10 bits per heavy atom. The summed E-state index contributed by atoms with van der Waals surface area (Å²) < 4.78 is 67.2. The molecular formula is C12H13Cl2F5N2. The standard InChI is InChI=1S/C12H12ClF5N2.ClH/c13-7-5-8(14)10(9(15)6-7)11(12(16,17)18)20-3-1-19-2-4-20;/h5-6,11,19H,1-4H2;1H/t11-;/m0./s1. The molecule has 120 valence electrons. The Balaban J connectivity index is 0.00000220. The number of hydrogen-bond acceptors (Lipinski definition) is 2. The lowest BCUT2D eigenvalue weighted by molar-refractivity contribution is -0.189. The summed E-state index contributed by atoms with van der Waals surface area (Å²) in [7, 11) is 0. The van der Waals surface area contributed by atoms with Gasteiger partial charge in [-0.25, -0.2) is 8.78 Å². The maximum absolute atomic E-state index is 13.8. The predicted molar refractivity (Wildman–Crippen MR) is 71.9 cm³/mol. The SMILES string of the molecule is Cl.Fc1cc(Cl)cc(F)c1[C@H](N1CCNCC1)C(F)(F)F. The van der Waals surface area contributed by atoms with Gasteiger partial charge < -0.3 is 5.32 Å². The average Bonchev–Trinajstić information content (AvgIpc) is 2.33. The highest BCUT2D eigenvalue weighted by atomic mass is 35.5. The van der Waals surface area contributed by atoms with E-state index in [1.54, 1.807) is 0 Å². The molecule has 1 fully saturated rings. The van der Waals surface area contributed by atoms with Gasteiger partial charge in [0.2, 0.25) is 0 Å². The van der Waals surface area contributed by atoms with Crippen LogP contribution in [0, 0.1) is 11.6 Å². The van der Waals surface area contributed by atoms with Crippen LogP contribution in [0.25, 0.3) is 0 Å². The first kappa shape index (κ1) is 18.4. The van der Waals surface area contributed by atoms with Gasteiger partial charge in [-0.2, -0.15) is 13.2 Å². The van der Waals surface area contributed by atoms with Crippen molar-refractivity contribution in [1.29, 1.82) is 0 Å². The number of benzene rings is 1. The zero-order chi connectivity index (χ0) is 14.9. The molecule has 1 atom stereocenters. The largest absolute Gasteiger partial charge is 0.408 e. The van der Waals surface area contributed by atoms with Gasteiger partial charge in [-0.15, -0.1) is 12.4 Å². The van der Waals surface area contributed by atoms with E-state index in [-0.39, 0.29) is 30.5 Å². The van der Waals surface area contributed by atoms with Crippen LogP contribution in [-0.4, -0.2) is 37.3 Å². The average molecular weight is 351 g/mol. The first-order chi connectivity index (χ1) is 9.30. The quantitative estimate of drug-likeness (QED) is 0.820. The molecule has 0 amide bonds. The molecule has 0 radical (unpaired) electrons. The minimum absolute atomic E-state index is 0. The summed E-state index contributed by atoms with van der Waals surface area (Å²) in [5.74, 6) is -2.56. The molecule has 1 aliphatic heterocycles. The number of nitrogens with zero attached hydrogens (tertiary/aromatic N) is 1. The van der Waals surface area contributed by atoms with Gasteiger partial charge in [-0.3, -0.25) is 4.90 Å². The van der Waals surface area contributed by atoms with Gasteiger partial charge in [0.25, 0.3) is 0 Å². The van der Waals surface area contributed by atoms with Crippen molar-refractivity contribution < 1.29 is 22.0 Å². The van der Waals surface area contributed by atoms with Crippen LogP contribution >= 0.6 is 24.0 Å². The second kappa shape index (κ2) is 7.09. The van der Waals surface area contributed by atoms with E-state index in [1.165, 1.54) is 0 Å². The zero-order valence-corrected chi connectivity index (χ0v) is 12.3. The molecule has 2 nitrogen and oxygen atoms in total. The fourth-order valence-corrected chi connectivity index (χ4v) is 2.50. The highest BCUT2D eigenvalue weighted by molar-refractivity contribution is 6.30. The van der Waals surface area contributed by atoms with Crippen molar-refractivity contribution in [2.24, 2.45) is 0 Å². The Kier molecular flexibility index (Phi) is 6.22. The zero-order valence-electron chi connectivity index (χ0n) is 10.7. The molecule has 1 N–H and O–H groups in total. The van der Waals surface area contributed by atoms with Gasteiger partial charge in [-0.1, -0.05) is 11.6 Å². The number of hydrogen-bond donors (Lipinski definition) is 1. The Labute approximate surface area is 129 Å². The predicted octanol–water partition coefficient (Wildman–Crippen LogP) is 3.55. The molecule has 0 unspecified atom stereocenters. The van der Waals surface area contributed by atoms with E-state index in [0.29, 0.717) is 25.2 Å². The van der Waals surface area contributed by atoms with Gasteiger partial charge in [-0.05, 0) is 12.1 Å². The molecule has 1 aromatic rings. The van der Waals surface area contributed by atoms with Crippen molar-refractivity contribution in [1.82, 2.24) is 10.2 Å². The van der Waals surface area contributed by atoms with Crippen molar-refractivity contribution in [3.63, 3.8) is 0 Å². The highest BCUT2D eigenvalue weighted by Crippen LogP contribution is 2.40. The van der Waals surface area contributed by atoms with E-state index in [4.69, 9.17) is 11.6 Å². The van der Waals surface area contributed by atoms with E-state index in [9.17, 15) is 22.0 Å². The maximum Gasteiger partial charge on any atom is 0.408 e. The lowest BCUT2D eigenvalue weighted by Crippen LogP contribution is -2.49. The number of piperazine rings is 1. The van der Waals surface area contributed by atoms with E-state index >= 15 is 0 Å². The summed E-state index contributed by atoms with van der Waals surface area (Å²) in [6.07, 6.45) is -4.77. The number of rotatable bonds is 2. The maximum atomic E-state index is 13.8. The van der Waals surface area contributed by atoms with E-state index < -0.39 is 29.4 Å². The second-order valence-electron chi connectivity index (χ2n) is 4.51. The monoisotopic (exact) mass is 350 g/mol. The third kappa shape index (κ3) is 4.18. The number of nitrogens with one attached hydrogen (secondary N) is 1. The van der Waals surface area contributed by atoms with Crippen molar-refractivity contribution in [3.8, 4) is 0 Å². The molecule has 9 heteroatoms. The van der Waals surface area contributed by atoms with E-state index in [2.05, 4.69) is 5.32 Å². The summed E-state index contributed by atoms with van der Waals surface area (Å²) in [6.45, 7) is 0.796. The van der Waals surface area contributed by atoms with Crippen LogP contribution in [0.1, 0.15) is 11.6 Å². The molecule has 0 aliphatic carbocycles. The van der Waals surface area contributed by atoms with Crippen LogP contribution in [0.4, 0.5) is 22.0 Å². The van der Waals surface area contributed by atoms with Crippen molar-refractivity contribution >= 4 is 24.0 Å². The van der Waals surface area contributed by atoms with Crippen LogP contribution in [0.15, 0.2) is 12.1 Å². The Bertz CT molecular complexity index is 466. The Morgan fingerprint density at radius 2 is 1.57 bits per heavy atom. The Morgan fingerprint density at radius 3 is 2.00 bits per heavy atom. The third-order valence-electron chi connectivity index (χ3n) is 3.14. The molecule has 0 aromatic heterocycles. The summed E-state index contributed by atoms with van der Waals surface area (Å²) in [6, 6.07) is -0.913. The molecule has 1 saturated heterocycles. The summed E-state index contributed by atoms with van der Waals surface area (Å²) >= 11 is 5.44. The fourth-order valence-electron chi connectivity index (χ4n) is 2.31. The topological polar surface area (TPSA) is 15.3 Å². The van der Waals surface area contributed by atoms with Gasteiger partial charge >= 0.3 is 6.18 Å². The first-order valence-electron chi connectivity index (χ1n) is 5.96. The van der Waals surface area contributed by atoms with E-state index in [1.807, 2.05) is 0 Å². The molecule has 1 aliphatic rings. The lowest BCUT2D eigenvalue weighted by Gasteiger charge is -2.36. The molecule has 0 bridgehead atoms. The third-order valence-corrected chi connectivity index (χ3v) is 3.36. The molecule has 0 spiro atoms. The van der Waals surface area contributed by atoms with Gasteiger partial charge in [0.1, 0.15) is 17.7 Å². The Hall–Kier alpha value is -0.630. The van der Waals surface area contributed by atoms with Gasteiger partial charge in [0.15, 0.2) is 0 Å².